The third-order valence-electron chi connectivity index (χ3n) is 6.98. The third-order valence-corrected chi connectivity index (χ3v) is 6.98. The van der Waals surface area contributed by atoms with Crippen molar-refractivity contribution in [2.75, 3.05) is 38.0 Å². The number of benzene rings is 1. The molecule has 0 spiro atoms. The van der Waals surface area contributed by atoms with Gasteiger partial charge in [0.15, 0.2) is 17.2 Å². The molecule has 42 heavy (non-hydrogen) atoms. The first-order valence-electron chi connectivity index (χ1n) is 13.2. The van der Waals surface area contributed by atoms with E-state index in [4.69, 9.17) is 12.2 Å². The highest BCUT2D eigenvalue weighted by molar-refractivity contribution is 5.96. The summed E-state index contributed by atoms with van der Waals surface area (Å²) in [6, 6.07) is 5.22. The molecule has 3 N–H and O–H groups in total. The van der Waals surface area contributed by atoms with Gasteiger partial charge >= 0.3 is 6.18 Å². The van der Waals surface area contributed by atoms with Crippen LogP contribution in [0.5, 0.6) is 0 Å². The van der Waals surface area contributed by atoms with Gasteiger partial charge in [-0.15, -0.1) is 6.42 Å². The number of piperazine rings is 1. The average Bonchev–Trinajstić information content (AvgIpc) is 3.58. The van der Waals surface area contributed by atoms with Crippen molar-refractivity contribution in [3.05, 3.63) is 59.8 Å². The van der Waals surface area contributed by atoms with Gasteiger partial charge in [0.1, 0.15) is 6.54 Å². The number of nitrogens with zero attached hydrogens (tertiary/aromatic N) is 7. The van der Waals surface area contributed by atoms with Crippen LogP contribution in [0.1, 0.15) is 28.0 Å². The molecule has 1 fully saturated rings. The first-order chi connectivity index (χ1) is 20.1. The van der Waals surface area contributed by atoms with Crippen LogP contribution in [0.3, 0.4) is 0 Å². The van der Waals surface area contributed by atoms with Gasteiger partial charge in [-0.1, -0.05) is 5.92 Å². The second-order valence-corrected chi connectivity index (χ2v) is 9.77. The van der Waals surface area contributed by atoms with Crippen LogP contribution in [0.4, 0.5) is 24.7 Å². The monoisotopic (exact) mass is 579 g/mol. The van der Waals surface area contributed by atoms with Crippen LogP contribution in [0.25, 0.3) is 16.9 Å². The van der Waals surface area contributed by atoms with Gasteiger partial charge < -0.3 is 20.9 Å². The number of carbonyl (C=O) groups excluding carboxylic acids is 2. The van der Waals surface area contributed by atoms with E-state index in [1.54, 1.807) is 28.0 Å². The fraction of sp³-hybridized carbons (Fsp3) is 0.321. The number of carbonyl (C=O) groups is 2. The molecule has 1 aliphatic rings. The Morgan fingerprint density at radius 3 is 2.55 bits per heavy atom. The van der Waals surface area contributed by atoms with Crippen LogP contribution in [-0.2, 0) is 17.5 Å². The molecular weight excluding hydrogens is 551 g/mol. The Balaban J connectivity index is 1.36. The van der Waals surface area contributed by atoms with Gasteiger partial charge in [0.05, 0.1) is 17.5 Å². The van der Waals surface area contributed by atoms with Crippen molar-refractivity contribution < 1.29 is 22.8 Å². The van der Waals surface area contributed by atoms with E-state index in [2.05, 4.69) is 26.3 Å². The van der Waals surface area contributed by atoms with E-state index in [0.717, 1.165) is 10.2 Å². The lowest BCUT2D eigenvalue weighted by Gasteiger charge is -2.35. The molecule has 0 radical (unpaired) electrons. The predicted octanol–water partition coefficient (Wildman–Crippen LogP) is 2.93. The van der Waals surface area contributed by atoms with E-state index in [-0.39, 0.29) is 36.0 Å². The number of aromatic nitrogens is 5. The third kappa shape index (κ3) is 5.64. The molecule has 2 amide bonds. The molecule has 14 heteroatoms. The van der Waals surface area contributed by atoms with Crippen LogP contribution in [0.2, 0.25) is 0 Å². The first kappa shape index (κ1) is 28.6. The normalized spacial score (nSPS) is 13.8. The number of amides is 2. The quantitative estimate of drug-likeness (QED) is 0.323. The number of fused-ring (bicyclic) bond motifs is 1. The number of alkyl halides is 3. The molecule has 4 aromatic rings. The topological polar surface area (TPSA) is 127 Å². The Kier molecular flexibility index (Phi) is 7.86. The Hall–Kier alpha value is -4.90. The summed E-state index contributed by atoms with van der Waals surface area (Å²) in [5.41, 5.74) is 6.58. The maximum atomic E-state index is 13.8. The van der Waals surface area contributed by atoms with Gasteiger partial charge in [0, 0.05) is 69.0 Å². The lowest BCUT2D eigenvalue weighted by atomic mass is 10.1. The van der Waals surface area contributed by atoms with Gasteiger partial charge in [0.2, 0.25) is 5.91 Å². The van der Waals surface area contributed by atoms with Crippen molar-refractivity contribution in [2.24, 2.45) is 5.73 Å². The van der Waals surface area contributed by atoms with Gasteiger partial charge in [-0.25, -0.2) is 9.97 Å². The maximum Gasteiger partial charge on any atom is 0.435 e. The minimum atomic E-state index is -4.69. The molecule has 4 heterocycles. The standard InChI is InChI=1S/C28H28F3N9O2/c1-3-9-39-17-21(24(36-39)28(29,30)31)22-16-34-26-25(33-8-10-40(22)26)35-19-4-5-20(18(2)15-19)27(42)38-13-11-37(12-14-38)23(41)6-7-32/h1,4-5,8,10,15-17H,6-7,9,11-14,32H2,2H3,(H,33,35). The van der Waals surface area contributed by atoms with Crippen molar-refractivity contribution in [1.82, 2.24) is 33.9 Å². The molecule has 11 nitrogen and oxygen atoms in total. The Bertz CT molecular complexity index is 1680. The van der Waals surface area contributed by atoms with Crippen LogP contribution in [0, 0.1) is 19.3 Å². The SMILES string of the molecule is C#CCn1cc(-c2cnc3c(Nc4ccc(C(=O)N5CCN(C(=O)CCN)CC5)c(C)c4)nccn23)c(C(F)(F)F)n1. The van der Waals surface area contributed by atoms with Crippen LogP contribution in [0.15, 0.2) is 43.0 Å². The summed E-state index contributed by atoms with van der Waals surface area (Å²) in [6.45, 7) is 3.77. The smallest absolute Gasteiger partial charge is 0.339 e. The predicted molar refractivity (Wildman–Crippen MR) is 149 cm³/mol. The minimum Gasteiger partial charge on any atom is -0.339 e. The first-order valence-corrected chi connectivity index (χ1v) is 13.2. The zero-order chi connectivity index (χ0) is 30.0. The molecule has 0 atom stereocenters. The summed E-state index contributed by atoms with van der Waals surface area (Å²) >= 11 is 0. The maximum absolute atomic E-state index is 13.8. The van der Waals surface area contributed by atoms with Crippen molar-refractivity contribution in [3.63, 3.8) is 0 Å². The van der Waals surface area contributed by atoms with Crippen LogP contribution < -0.4 is 11.1 Å². The number of imidazole rings is 1. The summed E-state index contributed by atoms with van der Waals surface area (Å²) in [5, 5.41) is 6.79. The summed E-state index contributed by atoms with van der Waals surface area (Å²) in [6.07, 6.45) is 6.39. The molecule has 0 aliphatic carbocycles. The summed E-state index contributed by atoms with van der Waals surface area (Å²) in [7, 11) is 0. The van der Waals surface area contributed by atoms with E-state index >= 15 is 0 Å². The van der Waals surface area contributed by atoms with E-state index < -0.39 is 11.9 Å². The zero-order valence-corrected chi connectivity index (χ0v) is 22.7. The molecule has 1 aromatic carbocycles. The lowest BCUT2D eigenvalue weighted by Crippen LogP contribution is -2.51. The Morgan fingerprint density at radius 2 is 1.88 bits per heavy atom. The van der Waals surface area contributed by atoms with E-state index in [0.29, 0.717) is 55.4 Å². The van der Waals surface area contributed by atoms with Crippen LogP contribution >= 0.6 is 0 Å². The number of nitrogens with one attached hydrogen (secondary N) is 1. The second-order valence-electron chi connectivity index (χ2n) is 9.77. The summed E-state index contributed by atoms with van der Waals surface area (Å²) in [5.74, 6) is 2.46. The number of halogens is 3. The molecule has 0 bridgehead atoms. The fourth-order valence-corrected chi connectivity index (χ4v) is 4.93. The fourth-order valence-electron chi connectivity index (χ4n) is 4.93. The molecular formula is C28H28F3N9O2. The van der Waals surface area contributed by atoms with Gasteiger partial charge in [-0.05, 0) is 30.7 Å². The lowest BCUT2D eigenvalue weighted by molar-refractivity contribution is -0.141. The highest BCUT2D eigenvalue weighted by Crippen LogP contribution is 2.37. The van der Waals surface area contributed by atoms with Crippen molar-refractivity contribution in [1.29, 1.82) is 0 Å². The summed E-state index contributed by atoms with van der Waals surface area (Å²) < 4.78 is 43.8. The number of nitrogens with two attached hydrogens (primary N) is 1. The van der Waals surface area contributed by atoms with E-state index in [1.807, 2.05) is 6.92 Å². The highest BCUT2D eigenvalue weighted by Gasteiger charge is 2.38. The number of hydrogen-bond donors (Lipinski definition) is 2. The second kappa shape index (κ2) is 11.5. The van der Waals surface area contributed by atoms with Crippen molar-refractivity contribution in [3.8, 4) is 23.6 Å². The number of rotatable bonds is 7. The number of aryl methyl sites for hydroxylation is 1. The molecule has 3 aromatic heterocycles. The molecule has 0 saturated carbocycles. The van der Waals surface area contributed by atoms with Gasteiger partial charge in [-0.3, -0.25) is 18.7 Å². The molecule has 218 valence electrons. The average molecular weight is 580 g/mol. The molecule has 1 aliphatic heterocycles. The zero-order valence-electron chi connectivity index (χ0n) is 22.7. The van der Waals surface area contributed by atoms with Crippen molar-refractivity contribution >= 4 is 29.0 Å². The molecule has 5 rings (SSSR count). The minimum absolute atomic E-state index is 0.0100. The highest BCUT2D eigenvalue weighted by atomic mass is 19.4. The Labute approximate surface area is 239 Å². The van der Waals surface area contributed by atoms with Crippen LogP contribution in [-0.4, -0.2) is 78.5 Å². The summed E-state index contributed by atoms with van der Waals surface area (Å²) in [4.78, 5) is 37.4. The largest absolute Gasteiger partial charge is 0.435 e. The number of anilines is 2. The molecule has 1 saturated heterocycles. The Morgan fingerprint density at radius 1 is 1.14 bits per heavy atom. The van der Waals surface area contributed by atoms with E-state index in [9.17, 15) is 22.8 Å². The molecule has 0 unspecified atom stereocenters. The van der Waals surface area contributed by atoms with Gasteiger partial charge in [-0.2, -0.15) is 18.3 Å². The van der Waals surface area contributed by atoms with Gasteiger partial charge in [0.25, 0.3) is 5.91 Å². The number of hydrogen-bond acceptors (Lipinski definition) is 7. The van der Waals surface area contributed by atoms with E-state index in [1.165, 1.54) is 29.2 Å². The number of terminal acetylenes is 1. The van der Waals surface area contributed by atoms with Crippen molar-refractivity contribution in [2.45, 2.75) is 26.1 Å².